The lowest BCUT2D eigenvalue weighted by Crippen LogP contribution is -2.15. The maximum atomic E-state index is 12.1. The molecule has 0 aliphatic heterocycles. The number of amides is 1. The topological polar surface area (TPSA) is 66.9 Å². The minimum absolute atomic E-state index is 0.279. The van der Waals surface area contributed by atoms with E-state index in [0.29, 0.717) is 22.4 Å². The van der Waals surface area contributed by atoms with Crippen LogP contribution in [0.5, 0.6) is 0 Å². The van der Waals surface area contributed by atoms with Crippen LogP contribution in [-0.2, 0) is 0 Å². The number of hydrogen-bond donors (Lipinski definition) is 2. The van der Waals surface area contributed by atoms with Gasteiger partial charge in [-0.2, -0.15) is 0 Å². The van der Waals surface area contributed by atoms with Crippen LogP contribution in [0.4, 0.5) is 11.6 Å². The minimum atomic E-state index is -0.279. The molecule has 0 fully saturated rings. The lowest BCUT2D eigenvalue weighted by molar-refractivity contribution is 0.102. The second kappa shape index (κ2) is 7.59. The Balaban J connectivity index is 2.01. The van der Waals surface area contributed by atoms with Crippen molar-refractivity contribution in [2.75, 3.05) is 17.2 Å². The number of carbonyl (C=O) groups is 1. The Bertz CT molecular complexity index is 601. The van der Waals surface area contributed by atoms with Crippen molar-refractivity contribution in [2.24, 2.45) is 0 Å². The maximum absolute atomic E-state index is 12.1. The SMILES string of the molecule is CCCCNc1nccc(C(=O)Nc2ccc(Cl)cc2)n1. The van der Waals surface area contributed by atoms with Crippen molar-refractivity contribution < 1.29 is 4.79 Å². The fourth-order valence-electron chi connectivity index (χ4n) is 1.68. The molecule has 0 unspecified atom stereocenters. The molecule has 0 saturated carbocycles. The fraction of sp³-hybridized carbons (Fsp3) is 0.267. The molecule has 0 radical (unpaired) electrons. The van der Waals surface area contributed by atoms with Gasteiger partial charge in [0, 0.05) is 23.5 Å². The average Bonchev–Trinajstić information content (AvgIpc) is 2.50. The number of nitrogens with one attached hydrogen (secondary N) is 2. The monoisotopic (exact) mass is 304 g/mol. The molecule has 5 nitrogen and oxygen atoms in total. The van der Waals surface area contributed by atoms with Gasteiger partial charge in [0.1, 0.15) is 5.69 Å². The van der Waals surface area contributed by atoms with Crippen molar-refractivity contribution in [2.45, 2.75) is 19.8 Å². The second-order valence-corrected chi connectivity index (χ2v) is 4.94. The van der Waals surface area contributed by atoms with E-state index in [4.69, 9.17) is 11.6 Å². The molecule has 2 rings (SSSR count). The van der Waals surface area contributed by atoms with Crippen LogP contribution in [0.3, 0.4) is 0 Å². The predicted molar refractivity (Wildman–Crippen MR) is 84.8 cm³/mol. The number of hydrogen-bond acceptors (Lipinski definition) is 4. The molecule has 0 aliphatic rings. The van der Waals surface area contributed by atoms with Gasteiger partial charge >= 0.3 is 0 Å². The van der Waals surface area contributed by atoms with E-state index >= 15 is 0 Å². The Morgan fingerprint density at radius 1 is 1.24 bits per heavy atom. The lowest BCUT2D eigenvalue weighted by Gasteiger charge is -2.07. The van der Waals surface area contributed by atoms with Crippen LogP contribution in [-0.4, -0.2) is 22.4 Å². The highest BCUT2D eigenvalue weighted by Crippen LogP contribution is 2.14. The molecule has 2 N–H and O–H groups in total. The first-order valence-electron chi connectivity index (χ1n) is 6.83. The molecule has 110 valence electrons. The van der Waals surface area contributed by atoms with Crippen LogP contribution in [0.2, 0.25) is 5.02 Å². The summed E-state index contributed by atoms with van der Waals surface area (Å²) < 4.78 is 0. The Labute approximate surface area is 128 Å². The van der Waals surface area contributed by atoms with Gasteiger partial charge in [0.2, 0.25) is 5.95 Å². The van der Waals surface area contributed by atoms with Crippen molar-refractivity contribution in [3.63, 3.8) is 0 Å². The van der Waals surface area contributed by atoms with E-state index < -0.39 is 0 Å². The summed E-state index contributed by atoms with van der Waals surface area (Å²) in [5.74, 6) is 0.186. The van der Waals surface area contributed by atoms with E-state index in [1.54, 1.807) is 36.5 Å². The van der Waals surface area contributed by atoms with Gasteiger partial charge in [-0.25, -0.2) is 9.97 Å². The second-order valence-electron chi connectivity index (χ2n) is 4.51. The van der Waals surface area contributed by atoms with Crippen LogP contribution in [0, 0.1) is 0 Å². The van der Waals surface area contributed by atoms with E-state index in [2.05, 4.69) is 27.5 Å². The molecular formula is C15H17ClN4O. The number of aromatic nitrogens is 2. The summed E-state index contributed by atoms with van der Waals surface area (Å²) in [4.78, 5) is 20.4. The van der Waals surface area contributed by atoms with Crippen LogP contribution >= 0.6 is 11.6 Å². The van der Waals surface area contributed by atoms with E-state index in [-0.39, 0.29) is 5.91 Å². The summed E-state index contributed by atoms with van der Waals surface area (Å²) in [6.07, 6.45) is 3.69. The predicted octanol–water partition coefficient (Wildman–Crippen LogP) is 3.59. The van der Waals surface area contributed by atoms with Gasteiger partial charge in [-0.15, -0.1) is 0 Å². The first-order valence-corrected chi connectivity index (χ1v) is 7.20. The third kappa shape index (κ3) is 4.72. The molecule has 0 bridgehead atoms. The summed E-state index contributed by atoms with van der Waals surface area (Å²) in [5, 5.41) is 6.48. The molecule has 0 saturated heterocycles. The van der Waals surface area contributed by atoms with Gasteiger partial charge in [0.15, 0.2) is 0 Å². The zero-order valence-corrected chi connectivity index (χ0v) is 12.5. The quantitative estimate of drug-likeness (QED) is 0.800. The van der Waals surface area contributed by atoms with Crippen LogP contribution in [0.15, 0.2) is 36.5 Å². The number of carbonyl (C=O) groups excluding carboxylic acids is 1. The van der Waals surface area contributed by atoms with E-state index in [1.165, 1.54) is 0 Å². The summed E-state index contributed by atoms with van der Waals surface area (Å²) >= 11 is 5.80. The number of anilines is 2. The largest absolute Gasteiger partial charge is 0.354 e. The first-order chi connectivity index (χ1) is 10.2. The molecule has 2 aromatic rings. The van der Waals surface area contributed by atoms with E-state index in [9.17, 15) is 4.79 Å². The van der Waals surface area contributed by atoms with Gasteiger partial charge in [-0.1, -0.05) is 24.9 Å². The smallest absolute Gasteiger partial charge is 0.274 e. The number of rotatable bonds is 6. The maximum Gasteiger partial charge on any atom is 0.274 e. The highest BCUT2D eigenvalue weighted by Gasteiger charge is 2.09. The van der Waals surface area contributed by atoms with Gasteiger partial charge in [-0.3, -0.25) is 4.79 Å². The molecule has 0 spiro atoms. The highest BCUT2D eigenvalue weighted by molar-refractivity contribution is 6.30. The minimum Gasteiger partial charge on any atom is -0.354 e. The van der Waals surface area contributed by atoms with Gasteiger partial charge < -0.3 is 10.6 Å². The Kier molecular flexibility index (Phi) is 5.51. The summed E-state index contributed by atoms with van der Waals surface area (Å²) in [7, 11) is 0. The Morgan fingerprint density at radius 3 is 2.71 bits per heavy atom. The van der Waals surface area contributed by atoms with Crippen molar-refractivity contribution in [1.29, 1.82) is 0 Å². The summed E-state index contributed by atoms with van der Waals surface area (Å²) in [6.45, 7) is 2.90. The molecule has 1 amide bonds. The molecule has 0 atom stereocenters. The standard InChI is InChI=1S/C15H17ClN4O/c1-2-3-9-17-15-18-10-8-13(20-15)14(21)19-12-6-4-11(16)5-7-12/h4-8,10H,2-3,9H2,1H3,(H,19,21)(H,17,18,20). The molecule has 0 aliphatic carbocycles. The Hall–Kier alpha value is -2.14. The van der Waals surface area contributed by atoms with Crippen LogP contribution < -0.4 is 10.6 Å². The molecule has 1 aromatic carbocycles. The van der Waals surface area contributed by atoms with Crippen molar-refractivity contribution in [3.8, 4) is 0 Å². The van der Waals surface area contributed by atoms with Gasteiger partial charge in [-0.05, 0) is 36.8 Å². The van der Waals surface area contributed by atoms with Crippen molar-refractivity contribution in [1.82, 2.24) is 9.97 Å². The average molecular weight is 305 g/mol. The molecule has 6 heteroatoms. The number of unbranched alkanes of at least 4 members (excludes halogenated alkanes) is 1. The molecule has 1 aromatic heterocycles. The number of halogens is 1. The number of nitrogens with zero attached hydrogens (tertiary/aromatic N) is 2. The van der Waals surface area contributed by atoms with Gasteiger partial charge in [0.25, 0.3) is 5.91 Å². The number of benzene rings is 1. The molecular weight excluding hydrogens is 288 g/mol. The third-order valence-electron chi connectivity index (χ3n) is 2.80. The van der Waals surface area contributed by atoms with Crippen LogP contribution in [0.1, 0.15) is 30.3 Å². The zero-order chi connectivity index (χ0) is 15.1. The van der Waals surface area contributed by atoms with Crippen molar-refractivity contribution >= 4 is 29.1 Å². The lowest BCUT2D eigenvalue weighted by atomic mass is 10.3. The normalized spacial score (nSPS) is 10.2. The first kappa shape index (κ1) is 15.3. The van der Waals surface area contributed by atoms with Crippen LogP contribution in [0.25, 0.3) is 0 Å². The van der Waals surface area contributed by atoms with E-state index in [0.717, 1.165) is 19.4 Å². The van der Waals surface area contributed by atoms with Gasteiger partial charge in [0.05, 0.1) is 0 Å². The molecule has 21 heavy (non-hydrogen) atoms. The molecule has 1 heterocycles. The fourth-order valence-corrected chi connectivity index (χ4v) is 1.80. The summed E-state index contributed by atoms with van der Waals surface area (Å²) in [5.41, 5.74) is 0.988. The zero-order valence-electron chi connectivity index (χ0n) is 11.8. The van der Waals surface area contributed by atoms with Crippen molar-refractivity contribution in [3.05, 3.63) is 47.2 Å². The summed E-state index contributed by atoms with van der Waals surface area (Å²) in [6, 6.07) is 8.49. The Morgan fingerprint density at radius 2 is 2.00 bits per heavy atom. The van der Waals surface area contributed by atoms with E-state index in [1.807, 2.05) is 0 Å². The highest BCUT2D eigenvalue weighted by atomic mass is 35.5. The third-order valence-corrected chi connectivity index (χ3v) is 3.06.